The molecule has 1 aromatic heterocycles. The van der Waals surface area contributed by atoms with Crippen molar-refractivity contribution in [3.8, 4) is 0 Å². The van der Waals surface area contributed by atoms with Gasteiger partial charge in [0, 0.05) is 48.1 Å². The minimum absolute atomic E-state index is 0.0875. The lowest BCUT2D eigenvalue weighted by molar-refractivity contribution is -0.146. The first-order valence-electron chi connectivity index (χ1n) is 15.6. The van der Waals surface area contributed by atoms with Crippen molar-refractivity contribution in [3.63, 3.8) is 0 Å². The van der Waals surface area contributed by atoms with Gasteiger partial charge in [0.25, 0.3) is 0 Å². The summed E-state index contributed by atoms with van der Waals surface area (Å²) in [5.41, 5.74) is 11.2. The Hall–Kier alpha value is -4.18. The van der Waals surface area contributed by atoms with E-state index < -0.39 is 0 Å². The van der Waals surface area contributed by atoms with Gasteiger partial charge < -0.3 is 15.4 Å². The van der Waals surface area contributed by atoms with Crippen LogP contribution < -0.4 is 21.1 Å². The van der Waals surface area contributed by atoms with Gasteiger partial charge in [0.05, 0.1) is 18.0 Å². The SMILES string of the molecule is CCCC(=C\CC(C)CC(=O)OCC1CNC1)/C1=C/CC=C=c2ccc(C3=C(c4cccc(C)n4)NC=CC=C3)cc2=C1. The second-order valence-electron chi connectivity index (χ2n) is 11.7. The Kier molecular flexibility index (Phi) is 10.4. The number of carbonyl (C=O) groups excluding carboxylic acids is 1. The van der Waals surface area contributed by atoms with Crippen molar-refractivity contribution < 1.29 is 9.53 Å². The quantitative estimate of drug-likeness (QED) is 0.329. The highest BCUT2D eigenvalue weighted by Gasteiger charge is 2.19. The Morgan fingerprint density at radius 1 is 1.21 bits per heavy atom. The van der Waals surface area contributed by atoms with Crippen molar-refractivity contribution in [2.45, 2.75) is 52.9 Å². The van der Waals surface area contributed by atoms with E-state index in [0.717, 1.165) is 77.4 Å². The molecule has 222 valence electrons. The van der Waals surface area contributed by atoms with Crippen LogP contribution in [-0.4, -0.2) is 30.6 Å². The first-order chi connectivity index (χ1) is 21.0. The van der Waals surface area contributed by atoms with E-state index in [1.165, 1.54) is 11.1 Å². The van der Waals surface area contributed by atoms with E-state index in [9.17, 15) is 4.79 Å². The Morgan fingerprint density at radius 3 is 2.88 bits per heavy atom. The van der Waals surface area contributed by atoms with Gasteiger partial charge in [-0.05, 0) is 96.5 Å². The summed E-state index contributed by atoms with van der Waals surface area (Å²) in [5.74, 6) is 0.611. The lowest BCUT2D eigenvalue weighted by Crippen LogP contribution is -2.44. The van der Waals surface area contributed by atoms with Crippen molar-refractivity contribution in [2.24, 2.45) is 11.8 Å². The number of aromatic nitrogens is 1. The second-order valence-corrected chi connectivity index (χ2v) is 11.7. The van der Waals surface area contributed by atoms with Gasteiger partial charge in [-0.3, -0.25) is 9.78 Å². The van der Waals surface area contributed by atoms with Crippen LogP contribution in [0.1, 0.15) is 62.9 Å². The van der Waals surface area contributed by atoms with Crippen molar-refractivity contribution >= 4 is 29.0 Å². The normalized spacial score (nSPS) is 18.5. The number of carbonyl (C=O) groups is 1. The number of fused-ring (bicyclic) bond motifs is 1. The molecule has 0 spiro atoms. The fraction of sp³-hybridized carbons (Fsp3) is 0.342. The number of pyridine rings is 1. The molecule has 2 N–H and O–H groups in total. The minimum atomic E-state index is -0.0875. The van der Waals surface area contributed by atoms with Gasteiger partial charge in [0.2, 0.25) is 0 Å². The summed E-state index contributed by atoms with van der Waals surface area (Å²) in [6.07, 6.45) is 21.4. The highest BCUT2D eigenvalue weighted by Crippen LogP contribution is 2.26. The van der Waals surface area contributed by atoms with E-state index in [2.05, 4.69) is 84.9 Å². The lowest BCUT2D eigenvalue weighted by Gasteiger charge is -2.26. The number of allylic oxidation sites excluding steroid dienone is 9. The molecule has 3 heterocycles. The molecule has 1 atom stereocenters. The molecule has 1 unspecified atom stereocenters. The van der Waals surface area contributed by atoms with Crippen LogP contribution in [0.5, 0.6) is 0 Å². The van der Waals surface area contributed by atoms with Crippen LogP contribution >= 0.6 is 0 Å². The van der Waals surface area contributed by atoms with E-state index in [-0.39, 0.29) is 11.9 Å². The third-order valence-electron chi connectivity index (χ3n) is 8.02. The molecule has 0 radical (unpaired) electrons. The van der Waals surface area contributed by atoms with Crippen LogP contribution in [0.15, 0.2) is 90.2 Å². The predicted molar refractivity (Wildman–Crippen MR) is 177 cm³/mol. The molecule has 1 saturated heterocycles. The van der Waals surface area contributed by atoms with Crippen LogP contribution in [0.2, 0.25) is 0 Å². The number of ether oxygens (including phenoxy) is 1. The molecular weight excluding hydrogens is 530 g/mol. The Bertz CT molecular complexity index is 1650. The molecule has 2 aromatic rings. The third kappa shape index (κ3) is 8.22. The maximum Gasteiger partial charge on any atom is 0.306 e. The summed E-state index contributed by atoms with van der Waals surface area (Å²) in [5, 5.41) is 8.91. The van der Waals surface area contributed by atoms with Crippen molar-refractivity contribution in [1.29, 1.82) is 0 Å². The number of rotatable bonds is 11. The first kappa shape index (κ1) is 30.3. The summed E-state index contributed by atoms with van der Waals surface area (Å²) in [4.78, 5) is 17.2. The molecule has 0 bridgehead atoms. The number of hydrogen-bond acceptors (Lipinski definition) is 5. The summed E-state index contributed by atoms with van der Waals surface area (Å²) < 4.78 is 5.52. The predicted octanol–water partition coefficient (Wildman–Crippen LogP) is 5.88. The fourth-order valence-electron chi connectivity index (χ4n) is 5.50. The number of nitrogens with zero attached hydrogens (tertiary/aromatic N) is 1. The van der Waals surface area contributed by atoms with Crippen LogP contribution in [0.3, 0.4) is 0 Å². The lowest BCUT2D eigenvalue weighted by atomic mass is 9.93. The second kappa shape index (κ2) is 14.8. The number of aryl methyl sites for hydroxylation is 1. The highest BCUT2D eigenvalue weighted by atomic mass is 16.5. The van der Waals surface area contributed by atoms with E-state index in [4.69, 9.17) is 9.72 Å². The van der Waals surface area contributed by atoms with E-state index in [1.807, 2.05) is 37.4 Å². The van der Waals surface area contributed by atoms with Gasteiger partial charge in [0.1, 0.15) is 0 Å². The van der Waals surface area contributed by atoms with Gasteiger partial charge in [-0.15, -0.1) is 5.73 Å². The van der Waals surface area contributed by atoms with Crippen molar-refractivity contribution in [1.82, 2.24) is 15.6 Å². The monoisotopic (exact) mass is 573 g/mol. The Balaban J connectivity index is 1.43. The zero-order chi connectivity index (χ0) is 30.0. The van der Waals surface area contributed by atoms with Gasteiger partial charge >= 0.3 is 5.97 Å². The summed E-state index contributed by atoms with van der Waals surface area (Å²) >= 11 is 0. The van der Waals surface area contributed by atoms with E-state index >= 15 is 0 Å². The van der Waals surface area contributed by atoms with E-state index in [1.54, 1.807) is 0 Å². The summed E-state index contributed by atoms with van der Waals surface area (Å²) in [6, 6.07) is 12.7. The first-order valence-corrected chi connectivity index (χ1v) is 15.6. The van der Waals surface area contributed by atoms with Crippen LogP contribution in [-0.2, 0) is 9.53 Å². The van der Waals surface area contributed by atoms with E-state index in [0.29, 0.717) is 18.9 Å². The number of hydrogen-bond donors (Lipinski definition) is 2. The largest absolute Gasteiger partial charge is 0.465 e. The third-order valence-corrected chi connectivity index (χ3v) is 8.02. The molecule has 1 aromatic carbocycles. The molecular formula is C38H43N3O2. The topological polar surface area (TPSA) is 63.2 Å². The molecule has 3 aliphatic rings. The molecule has 2 aliphatic heterocycles. The summed E-state index contributed by atoms with van der Waals surface area (Å²) in [6.45, 7) is 8.81. The van der Waals surface area contributed by atoms with Crippen LogP contribution in [0, 0.1) is 18.8 Å². The maximum atomic E-state index is 12.4. The average molecular weight is 574 g/mol. The number of nitrogens with one attached hydrogen (secondary N) is 2. The molecule has 5 nitrogen and oxygen atoms in total. The smallest absolute Gasteiger partial charge is 0.306 e. The van der Waals surface area contributed by atoms with Crippen LogP contribution in [0.25, 0.3) is 23.1 Å². The fourth-order valence-corrected chi connectivity index (χ4v) is 5.50. The zero-order valence-corrected chi connectivity index (χ0v) is 25.7. The highest BCUT2D eigenvalue weighted by molar-refractivity contribution is 5.95. The molecule has 1 aliphatic carbocycles. The molecule has 5 heteroatoms. The summed E-state index contributed by atoms with van der Waals surface area (Å²) in [7, 11) is 0. The average Bonchev–Trinajstić information content (AvgIpc) is 3.21. The zero-order valence-electron chi connectivity index (χ0n) is 25.7. The van der Waals surface area contributed by atoms with Crippen LogP contribution in [0.4, 0.5) is 0 Å². The van der Waals surface area contributed by atoms with Crippen molar-refractivity contribution in [3.05, 3.63) is 118 Å². The van der Waals surface area contributed by atoms with Crippen molar-refractivity contribution in [2.75, 3.05) is 19.7 Å². The Morgan fingerprint density at radius 2 is 2.09 bits per heavy atom. The van der Waals surface area contributed by atoms with Gasteiger partial charge in [-0.1, -0.05) is 56.7 Å². The molecule has 0 saturated carbocycles. The molecule has 0 amide bonds. The Labute approximate surface area is 255 Å². The minimum Gasteiger partial charge on any atom is -0.465 e. The maximum absolute atomic E-state index is 12.4. The van der Waals surface area contributed by atoms with Gasteiger partial charge in [-0.2, -0.15) is 0 Å². The number of benzene rings is 1. The molecule has 43 heavy (non-hydrogen) atoms. The molecule has 1 fully saturated rings. The standard InChI is InChI=1S/C38H43N3O2/c1-4-10-30(17-16-27(2)21-37(42)43-26-29-24-39-25-29)32-13-6-5-12-31-18-19-33(23-34(31)22-32)35-14-7-8-20-40-38(35)36-15-9-11-28(3)41-36/h5,7-9,11,13-15,17-20,22-23,27,29,39-40H,4,6,10,16,21,24-26H2,1-3H3/b30-17+,32-13+,34-22?. The number of esters is 1. The van der Waals surface area contributed by atoms with Gasteiger partial charge in [0.15, 0.2) is 0 Å². The van der Waals surface area contributed by atoms with Gasteiger partial charge in [-0.25, -0.2) is 0 Å². The molecule has 5 rings (SSSR count).